The van der Waals surface area contributed by atoms with Gasteiger partial charge in [0.15, 0.2) is 0 Å². The van der Waals surface area contributed by atoms with Gasteiger partial charge in [-0.05, 0) is 37.2 Å². The second-order valence-corrected chi connectivity index (χ2v) is 7.42. The van der Waals surface area contributed by atoms with Crippen molar-refractivity contribution in [3.63, 3.8) is 0 Å². The highest BCUT2D eigenvalue weighted by molar-refractivity contribution is 7.89. The Labute approximate surface area is 117 Å². The molecule has 1 fully saturated rings. The van der Waals surface area contributed by atoms with Crippen molar-refractivity contribution in [3.05, 3.63) is 39.4 Å². The number of benzene rings is 1. The lowest BCUT2D eigenvalue weighted by Crippen LogP contribution is -2.31. The van der Waals surface area contributed by atoms with Gasteiger partial charge in [-0.15, -0.1) is 0 Å². The van der Waals surface area contributed by atoms with Crippen LogP contribution in [0.25, 0.3) is 0 Å². The number of hydrogen-bond acceptors (Lipinski definition) is 4. The van der Waals surface area contributed by atoms with E-state index in [0.29, 0.717) is 18.4 Å². The number of fused-ring (bicyclic) bond motifs is 1. The molecule has 1 aromatic carbocycles. The molecule has 1 saturated carbocycles. The van der Waals surface area contributed by atoms with Crippen LogP contribution < -0.4 is 4.72 Å². The molecule has 108 valence electrons. The third-order valence-electron chi connectivity index (χ3n) is 3.83. The van der Waals surface area contributed by atoms with Gasteiger partial charge >= 0.3 is 0 Å². The molecule has 0 aliphatic heterocycles. The lowest BCUT2D eigenvalue weighted by molar-refractivity contribution is -0.385. The molecule has 1 aromatic rings. The first-order valence-corrected chi connectivity index (χ1v) is 8.35. The molecule has 0 unspecified atom stereocenters. The van der Waals surface area contributed by atoms with Crippen molar-refractivity contribution in [1.82, 2.24) is 4.72 Å². The van der Waals surface area contributed by atoms with Crippen LogP contribution in [0.2, 0.25) is 0 Å². The smallest absolute Gasteiger partial charge is 0.258 e. The van der Waals surface area contributed by atoms with E-state index in [-0.39, 0.29) is 23.4 Å². The van der Waals surface area contributed by atoms with Gasteiger partial charge in [0, 0.05) is 17.7 Å². The van der Waals surface area contributed by atoms with E-state index in [1.54, 1.807) is 6.07 Å². The van der Waals surface area contributed by atoms with Gasteiger partial charge in [-0.25, -0.2) is 13.1 Å². The SMILES string of the molecule is O=[N+]([O-])c1cccc2c1C[C@@H](CS(=O)(=O)NC1CC1)C2. The first-order chi connectivity index (χ1) is 9.44. The van der Waals surface area contributed by atoms with Crippen LogP contribution in [0, 0.1) is 16.0 Å². The third-order valence-corrected chi connectivity index (χ3v) is 5.43. The molecule has 2 aliphatic rings. The number of nitro benzene ring substituents is 1. The zero-order valence-corrected chi connectivity index (χ0v) is 11.7. The van der Waals surface area contributed by atoms with Crippen molar-refractivity contribution in [2.45, 2.75) is 31.7 Å². The maximum absolute atomic E-state index is 12.0. The van der Waals surface area contributed by atoms with E-state index in [1.165, 1.54) is 6.07 Å². The fourth-order valence-electron chi connectivity index (χ4n) is 2.82. The monoisotopic (exact) mass is 296 g/mol. The second kappa shape index (κ2) is 4.82. The van der Waals surface area contributed by atoms with E-state index in [4.69, 9.17) is 0 Å². The molecule has 0 radical (unpaired) electrons. The Morgan fingerprint density at radius 3 is 2.70 bits per heavy atom. The molecule has 0 amide bonds. The van der Waals surface area contributed by atoms with Gasteiger partial charge in [0.05, 0.1) is 10.7 Å². The molecule has 7 heteroatoms. The van der Waals surface area contributed by atoms with Gasteiger partial charge in [-0.2, -0.15) is 0 Å². The summed E-state index contributed by atoms with van der Waals surface area (Å²) in [7, 11) is -3.27. The molecule has 0 heterocycles. The Morgan fingerprint density at radius 1 is 1.30 bits per heavy atom. The summed E-state index contributed by atoms with van der Waals surface area (Å²) in [5, 5.41) is 11.0. The quantitative estimate of drug-likeness (QED) is 0.657. The van der Waals surface area contributed by atoms with Gasteiger partial charge in [0.25, 0.3) is 5.69 Å². The number of rotatable bonds is 5. The zero-order valence-electron chi connectivity index (χ0n) is 10.9. The molecule has 6 nitrogen and oxygen atoms in total. The normalized spacial score (nSPS) is 21.7. The summed E-state index contributed by atoms with van der Waals surface area (Å²) in [6, 6.07) is 5.11. The van der Waals surface area contributed by atoms with Gasteiger partial charge in [-0.1, -0.05) is 12.1 Å². The topological polar surface area (TPSA) is 89.3 Å². The Kier molecular flexibility index (Phi) is 3.25. The maximum atomic E-state index is 12.0. The Bertz CT molecular complexity index is 652. The summed E-state index contributed by atoms with van der Waals surface area (Å²) in [4.78, 5) is 10.6. The van der Waals surface area contributed by atoms with Crippen molar-refractivity contribution >= 4 is 15.7 Å². The predicted molar refractivity (Wildman–Crippen MR) is 73.9 cm³/mol. The molecule has 0 bridgehead atoms. The van der Waals surface area contributed by atoms with E-state index < -0.39 is 14.9 Å². The van der Waals surface area contributed by atoms with E-state index in [9.17, 15) is 18.5 Å². The average molecular weight is 296 g/mol. The van der Waals surface area contributed by atoms with Crippen LogP contribution in [0.3, 0.4) is 0 Å². The standard InChI is InChI=1S/C13H16N2O4S/c16-15(17)13-3-1-2-10-6-9(7-12(10)13)8-20(18,19)14-11-4-5-11/h1-3,9,11,14H,4-8H2/t9-/m0/s1. The van der Waals surface area contributed by atoms with Gasteiger partial charge in [-0.3, -0.25) is 10.1 Å². The summed E-state index contributed by atoms with van der Waals surface area (Å²) in [5.74, 6) is -0.0163. The van der Waals surface area contributed by atoms with Crippen LogP contribution in [0.15, 0.2) is 18.2 Å². The summed E-state index contributed by atoms with van der Waals surface area (Å²) >= 11 is 0. The largest absolute Gasteiger partial charge is 0.272 e. The first kappa shape index (κ1) is 13.5. The van der Waals surface area contributed by atoms with Crippen LogP contribution in [0.5, 0.6) is 0 Å². The molecular weight excluding hydrogens is 280 g/mol. The van der Waals surface area contributed by atoms with E-state index >= 15 is 0 Å². The number of sulfonamides is 1. The zero-order chi connectivity index (χ0) is 14.3. The molecule has 0 spiro atoms. The maximum Gasteiger partial charge on any atom is 0.272 e. The molecule has 1 N–H and O–H groups in total. The Balaban J connectivity index is 1.73. The third kappa shape index (κ3) is 2.83. The Hall–Kier alpha value is -1.47. The van der Waals surface area contributed by atoms with Crippen molar-refractivity contribution in [2.24, 2.45) is 5.92 Å². The number of nitrogens with one attached hydrogen (secondary N) is 1. The molecule has 0 aromatic heterocycles. The summed E-state index contributed by atoms with van der Waals surface area (Å²) in [6.07, 6.45) is 2.89. The first-order valence-electron chi connectivity index (χ1n) is 6.70. The lowest BCUT2D eigenvalue weighted by atomic mass is 10.1. The second-order valence-electron chi connectivity index (χ2n) is 5.62. The fraction of sp³-hybridized carbons (Fsp3) is 0.538. The molecule has 20 heavy (non-hydrogen) atoms. The van der Waals surface area contributed by atoms with Crippen LogP contribution in [0.4, 0.5) is 5.69 Å². The fourth-order valence-corrected chi connectivity index (χ4v) is 4.52. The molecule has 2 aliphatic carbocycles. The minimum atomic E-state index is -3.27. The minimum Gasteiger partial charge on any atom is -0.258 e. The van der Waals surface area contributed by atoms with Gasteiger partial charge in [0.1, 0.15) is 0 Å². The molecule has 3 rings (SSSR count). The summed E-state index contributed by atoms with van der Waals surface area (Å²) in [6.45, 7) is 0. The van der Waals surface area contributed by atoms with Crippen LogP contribution >= 0.6 is 0 Å². The molecule has 0 saturated heterocycles. The molecular formula is C13H16N2O4S. The number of nitrogens with zero attached hydrogens (tertiary/aromatic N) is 1. The highest BCUT2D eigenvalue weighted by Crippen LogP contribution is 2.34. The number of nitro groups is 1. The van der Waals surface area contributed by atoms with Crippen LogP contribution in [-0.4, -0.2) is 25.1 Å². The van der Waals surface area contributed by atoms with Crippen molar-refractivity contribution in [3.8, 4) is 0 Å². The lowest BCUT2D eigenvalue weighted by Gasteiger charge is -2.10. The van der Waals surface area contributed by atoms with Crippen LogP contribution in [-0.2, 0) is 22.9 Å². The Morgan fingerprint density at radius 2 is 2.05 bits per heavy atom. The highest BCUT2D eigenvalue weighted by atomic mass is 32.2. The van der Waals surface area contributed by atoms with Crippen molar-refractivity contribution in [1.29, 1.82) is 0 Å². The van der Waals surface area contributed by atoms with Gasteiger partial charge < -0.3 is 0 Å². The van der Waals surface area contributed by atoms with E-state index in [0.717, 1.165) is 18.4 Å². The number of hydrogen-bond donors (Lipinski definition) is 1. The predicted octanol–water partition coefficient (Wildman–Crippen LogP) is 1.39. The molecule has 1 atom stereocenters. The van der Waals surface area contributed by atoms with Crippen molar-refractivity contribution in [2.75, 3.05) is 5.75 Å². The summed E-state index contributed by atoms with van der Waals surface area (Å²) < 4.78 is 26.6. The summed E-state index contributed by atoms with van der Waals surface area (Å²) in [5.41, 5.74) is 1.72. The average Bonchev–Trinajstić information content (AvgIpc) is 3.04. The van der Waals surface area contributed by atoms with E-state index in [1.807, 2.05) is 6.07 Å². The van der Waals surface area contributed by atoms with E-state index in [2.05, 4.69) is 4.72 Å². The minimum absolute atomic E-state index is 0.0509. The highest BCUT2D eigenvalue weighted by Gasteiger charge is 2.33. The van der Waals surface area contributed by atoms with Crippen molar-refractivity contribution < 1.29 is 13.3 Å². The van der Waals surface area contributed by atoms with Gasteiger partial charge in [0.2, 0.25) is 10.0 Å². The van der Waals surface area contributed by atoms with Crippen LogP contribution in [0.1, 0.15) is 24.0 Å².